The van der Waals surface area contributed by atoms with E-state index in [1.807, 2.05) is 30.5 Å². The summed E-state index contributed by atoms with van der Waals surface area (Å²) in [6.45, 7) is 6.23. The Kier molecular flexibility index (Phi) is 6.20. The summed E-state index contributed by atoms with van der Waals surface area (Å²) in [4.78, 5) is 18.6. The number of aromatic nitrogens is 1. The number of carbonyl (C=O) groups is 1. The number of nitrogens with zero attached hydrogens (tertiary/aromatic N) is 1. The van der Waals surface area contributed by atoms with Crippen LogP contribution in [0.1, 0.15) is 17.3 Å². The number of aromatic amines is 1. The van der Waals surface area contributed by atoms with Crippen LogP contribution in [0.5, 0.6) is 5.75 Å². The van der Waals surface area contributed by atoms with Crippen molar-refractivity contribution in [1.82, 2.24) is 0 Å². The maximum Gasteiger partial charge on any atom is 0.274 e. The van der Waals surface area contributed by atoms with Crippen molar-refractivity contribution in [2.24, 2.45) is 0 Å². The predicted octanol–water partition coefficient (Wildman–Crippen LogP) is -0.152. The molecule has 0 amide bonds. The van der Waals surface area contributed by atoms with Crippen molar-refractivity contribution in [2.75, 3.05) is 44.2 Å². The fraction of sp³-hybridized carbons (Fsp3) is 0.400. The second-order valence-corrected chi connectivity index (χ2v) is 6.71. The number of Topliss-reactive ketones (excluding diaryl/α,β-unsaturated/α-hetero) is 1. The lowest BCUT2D eigenvalue weighted by Crippen LogP contribution is -3.16. The number of carbonyl (C=O) groups excluding carboxylic acids is 1. The highest BCUT2D eigenvalue weighted by Gasteiger charge is 2.27. The summed E-state index contributed by atoms with van der Waals surface area (Å²) in [5.41, 5.74) is 0.555. The molecule has 0 saturated carbocycles. The van der Waals surface area contributed by atoms with Gasteiger partial charge in [-0.25, -0.2) is 4.98 Å². The van der Waals surface area contributed by atoms with Crippen molar-refractivity contribution in [1.29, 1.82) is 0 Å². The largest absolute Gasteiger partial charge is 0.490 e. The number of nitrogens with one attached hydrogen (secondary N) is 2. The Morgan fingerprint density at radius 3 is 2.65 bits per heavy atom. The second-order valence-electron chi connectivity index (χ2n) is 6.71. The standard InChI is InChI=1S/C20H25N3O3/c1-16(24)18-6-2-3-7-19(18)26-15-17(25)14-22-10-12-23(13-11-22)20-8-4-5-9-21-20/h2-9,17,25H,10-15H2,1H3/p+2/t17-/m0/s1. The zero-order valence-electron chi connectivity index (χ0n) is 15.1. The van der Waals surface area contributed by atoms with Gasteiger partial charge in [0.15, 0.2) is 5.78 Å². The van der Waals surface area contributed by atoms with E-state index >= 15 is 0 Å². The fourth-order valence-corrected chi connectivity index (χ4v) is 3.31. The van der Waals surface area contributed by atoms with E-state index < -0.39 is 6.10 Å². The molecule has 1 aromatic heterocycles. The highest BCUT2D eigenvalue weighted by Crippen LogP contribution is 2.18. The SMILES string of the molecule is CC(=O)c1ccccc1OC[C@@H](O)C[NH+]1CCN(c2cccc[nH+]2)CC1. The molecule has 26 heavy (non-hydrogen) atoms. The molecule has 138 valence electrons. The number of H-pyrrole nitrogens is 1. The molecule has 1 aliphatic heterocycles. The number of aliphatic hydroxyl groups is 1. The summed E-state index contributed by atoms with van der Waals surface area (Å²) in [6, 6.07) is 13.3. The smallest absolute Gasteiger partial charge is 0.274 e. The third kappa shape index (κ3) is 4.80. The first kappa shape index (κ1) is 18.4. The van der Waals surface area contributed by atoms with Crippen LogP contribution in [0.2, 0.25) is 0 Å². The molecule has 1 atom stereocenters. The monoisotopic (exact) mass is 357 g/mol. The van der Waals surface area contributed by atoms with Crippen LogP contribution in [0.4, 0.5) is 5.82 Å². The number of benzene rings is 1. The van der Waals surface area contributed by atoms with E-state index in [0.29, 0.717) is 17.9 Å². The van der Waals surface area contributed by atoms with Gasteiger partial charge < -0.3 is 14.7 Å². The van der Waals surface area contributed by atoms with E-state index in [0.717, 1.165) is 32.0 Å². The number of aliphatic hydroxyl groups excluding tert-OH is 1. The van der Waals surface area contributed by atoms with Gasteiger partial charge in [-0.1, -0.05) is 18.2 Å². The summed E-state index contributed by atoms with van der Waals surface area (Å²) < 4.78 is 5.69. The van der Waals surface area contributed by atoms with E-state index in [1.54, 1.807) is 12.1 Å². The van der Waals surface area contributed by atoms with Gasteiger partial charge in [-0.2, -0.15) is 0 Å². The van der Waals surface area contributed by atoms with Gasteiger partial charge in [0.25, 0.3) is 5.82 Å². The molecule has 1 saturated heterocycles. The summed E-state index contributed by atoms with van der Waals surface area (Å²) in [5.74, 6) is 1.64. The molecule has 0 spiro atoms. The number of para-hydroxylation sites is 1. The zero-order valence-corrected chi connectivity index (χ0v) is 15.1. The molecular weight excluding hydrogens is 330 g/mol. The lowest BCUT2D eigenvalue weighted by Gasteiger charge is -2.29. The van der Waals surface area contributed by atoms with Crippen molar-refractivity contribution in [3.05, 3.63) is 54.2 Å². The average molecular weight is 357 g/mol. The van der Waals surface area contributed by atoms with Crippen molar-refractivity contribution in [3.8, 4) is 5.75 Å². The van der Waals surface area contributed by atoms with E-state index in [4.69, 9.17) is 4.74 Å². The molecule has 3 N–H and O–H groups in total. The van der Waals surface area contributed by atoms with Crippen molar-refractivity contribution < 1.29 is 24.5 Å². The molecule has 6 nitrogen and oxygen atoms in total. The normalized spacial score (nSPS) is 16.3. The summed E-state index contributed by atoms with van der Waals surface area (Å²) >= 11 is 0. The van der Waals surface area contributed by atoms with Gasteiger partial charge in [0.2, 0.25) is 0 Å². The van der Waals surface area contributed by atoms with Crippen LogP contribution in [0.3, 0.4) is 0 Å². The van der Waals surface area contributed by atoms with Gasteiger partial charge in [-0.15, -0.1) is 0 Å². The molecule has 1 aromatic carbocycles. The minimum Gasteiger partial charge on any atom is -0.490 e. The molecule has 1 aliphatic rings. The number of anilines is 1. The summed E-state index contributed by atoms with van der Waals surface area (Å²) in [6.07, 6.45) is 1.38. The molecule has 1 fully saturated rings. The molecule has 0 aliphatic carbocycles. The molecular formula is C20H27N3O3+2. The van der Waals surface area contributed by atoms with Crippen LogP contribution in [0.25, 0.3) is 0 Å². The van der Waals surface area contributed by atoms with E-state index in [-0.39, 0.29) is 12.4 Å². The summed E-state index contributed by atoms with van der Waals surface area (Å²) in [7, 11) is 0. The molecule has 2 heterocycles. The maximum atomic E-state index is 11.6. The topological polar surface area (TPSA) is 68.3 Å². The molecule has 6 heteroatoms. The molecule has 0 radical (unpaired) electrons. The number of pyridine rings is 1. The Balaban J connectivity index is 1.45. The number of quaternary nitrogens is 1. The highest BCUT2D eigenvalue weighted by molar-refractivity contribution is 5.96. The second kappa shape index (κ2) is 8.78. The molecule has 3 rings (SSSR count). The third-order valence-electron chi connectivity index (χ3n) is 4.73. The number of ether oxygens (including phenoxy) is 1. The van der Waals surface area contributed by atoms with E-state index in [9.17, 15) is 9.90 Å². The van der Waals surface area contributed by atoms with Gasteiger partial charge in [0.05, 0.1) is 11.8 Å². The Labute approximate surface area is 154 Å². The number of ketones is 1. The lowest BCUT2D eigenvalue weighted by atomic mass is 10.1. The molecule has 2 aromatic rings. The Morgan fingerprint density at radius 2 is 1.96 bits per heavy atom. The first-order chi connectivity index (χ1) is 12.6. The highest BCUT2D eigenvalue weighted by atomic mass is 16.5. The van der Waals surface area contributed by atoms with Crippen LogP contribution in [-0.4, -0.2) is 56.3 Å². The number of rotatable bonds is 7. The Bertz CT molecular complexity index is 715. The maximum absolute atomic E-state index is 11.6. The van der Waals surface area contributed by atoms with Crippen LogP contribution >= 0.6 is 0 Å². The van der Waals surface area contributed by atoms with Gasteiger partial charge in [-0.05, 0) is 25.1 Å². The summed E-state index contributed by atoms with van der Waals surface area (Å²) in [5, 5.41) is 10.3. The number of hydrogen-bond acceptors (Lipinski definition) is 4. The van der Waals surface area contributed by atoms with Gasteiger partial charge in [-0.3, -0.25) is 9.69 Å². The molecule has 0 bridgehead atoms. The quantitative estimate of drug-likeness (QED) is 0.676. The van der Waals surface area contributed by atoms with Crippen molar-refractivity contribution in [2.45, 2.75) is 13.0 Å². The Hall–Kier alpha value is -2.44. The fourth-order valence-electron chi connectivity index (χ4n) is 3.31. The number of hydrogen-bond donors (Lipinski definition) is 2. The van der Waals surface area contributed by atoms with Gasteiger partial charge in [0.1, 0.15) is 51.2 Å². The van der Waals surface area contributed by atoms with Gasteiger partial charge >= 0.3 is 0 Å². The Morgan fingerprint density at radius 1 is 1.23 bits per heavy atom. The van der Waals surface area contributed by atoms with E-state index in [1.165, 1.54) is 11.8 Å². The van der Waals surface area contributed by atoms with Crippen LogP contribution in [0.15, 0.2) is 48.7 Å². The van der Waals surface area contributed by atoms with Gasteiger partial charge in [0, 0.05) is 6.07 Å². The van der Waals surface area contributed by atoms with Crippen molar-refractivity contribution in [3.63, 3.8) is 0 Å². The first-order valence-electron chi connectivity index (χ1n) is 9.09. The van der Waals surface area contributed by atoms with Crippen LogP contribution in [0, 0.1) is 0 Å². The minimum atomic E-state index is -0.556. The van der Waals surface area contributed by atoms with Crippen molar-refractivity contribution >= 4 is 11.6 Å². The number of piperazine rings is 1. The van der Waals surface area contributed by atoms with Crippen LogP contribution < -0.4 is 19.5 Å². The van der Waals surface area contributed by atoms with Crippen LogP contribution in [-0.2, 0) is 0 Å². The first-order valence-corrected chi connectivity index (χ1v) is 9.09. The lowest BCUT2D eigenvalue weighted by molar-refractivity contribution is -0.903. The predicted molar refractivity (Wildman–Crippen MR) is 98.7 cm³/mol. The zero-order chi connectivity index (χ0) is 18.4. The van der Waals surface area contributed by atoms with E-state index in [2.05, 4.69) is 16.0 Å². The third-order valence-corrected chi connectivity index (χ3v) is 4.73. The average Bonchev–Trinajstić information content (AvgIpc) is 2.68. The minimum absolute atomic E-state index is 0.0328. The molecule has 0 unspecified atom stereocenters.